The van der Waals surface area contributed by atoms with Gasteiger partial charge in [0.2, 0.25) is 5.95 Å². The van der Waals surface area contributed by atoms with Gasteiger partial charge in [-0.2, -0.15) is 0 Å². The van der Waals surface area contributed by atoms with Crippen LogP contribution in [0, 0.1) is 0 Å². The highest BCUT2D eigenvalue weighted by Crippen LogP contribution is 2.43. The van der Waals surface area contributed by atoms with E-state index in [1.54, 1.807) is 11.3 Å². The predicted octanol–water partition coefficient (Wildman–Crippen LogP) is 13.7. The predicted molar refractivity (Wildman–Crippen MR) is 221 cm³/mol. The minimum atomic E-state index is 0.660. The first-order chi connectivity index (χ1) is 25.7. The van der Waals surface area contributed by atoms with E-state index in [1.807, 2.05) is 12.1 Å². The molecule has 0 aliphatic heterocycles. The van der Waals surface area contributed by atoms with Crippen LogP contribution in [0.5, 0.6) is 0 Å². The Kier molecular flexibility index (Phi) is 7.15. The van der Waals surface area contributed by atoms with Gasteiger partial charge in [-0.1, -0.05) is 136 Å². The Morgan fingerprint density at radius 3 is 2.10 bits per heavy atom. The van der Waals surface area contributed by atoms with E-state index in [9.17, 15) is 0 Å². The normalized spacial score (nSPS) is 11.7. The number of furan rings is 1. The SMILES string of the molecule is CCC.c1ccc(-c2nc(-n3c4cc5ccccc5cc4c4cccc(-c5ccc6oc7ccccc7c6c5)c43)nc3c2sc2ccccc23)cc1. The largest absolute Gasteiger partial charge is 0.456 e. The molecule has 4 aromatic heterocycles. The monoisotopic (exact) mass is 687 g/mol. The summed E-state index contributed by atoms with van der Waals surface area (Å²) in [4.78, 5) is 10.9. The summed E-state index contributed by atoms with van der Waals surface area (Å²) in [5.41, 5.74) is 9.17. The van der Waals surface area contributed by atoms with E-state index in [4.69, 9.17) is 14.4 Å². The fourth-order valence-corrected chi connectivity index (χ4v) is 8.71. The lowest BCUT2D eigenvalue weighted by atomic mass is 9.99. The van der Waals surface area contributed by atoms with Crippen LogP contribution in [-0.4, -0.2) is 14.5 Å². The van der Waals surface area contributed by atoms with Crippen LogP contribution in [0.2, 0.25) is 0 Å². The van der Waals surface area contributed by atoms with Crippen molar-refractivity contribution in [1.82, 2.24) is 14.5 Å². The second kappa shape index (κ2) is 12.2. The molecule has 0 aliphatic carbocycles. The smallest absolute Gasteiger partial charge is 0.235 e. The number of hydrogen-bond donors (Lipinski definition) is 0. The average molecular weight is 688 g/mol. The molecule has 0 N–H and O–H groups in total. The third kappa shape index (κ3) is 4.74. The summed E-state index contributed by atoms with van der Waals surface area (Å²) in [6, 6.07) is 53.6. The Balaban J connectivity index is 0.00000109. The fourth-order valence-electron chi connectivity index (χ4n) is 7.56. The maximum atomic E-state index is 6.22. The molecule has 248 valence electrons. The third-order valence-electron chi connectivity index (χ3n) is 9.80. The Morgan fingerprint density at radius 2 is 1.25 bits per heavy atom. The number of thiophene rings is 1. The lowest BCUT2D eigenvalue weighted by molar-refractivity contribution is 0.669. The zero-order valence-electron chi connectivity index (χ0n) is 28.8. The van der Waals surface area contributed by atoms with Crippen LogP contribution >= 0.6 is 11.3 Å². The van der Waals surface area contributed by atoms with Crippen molar-refractivity contribution < 1.29 is 4.42 Å². The highest BCUT2D eigenvalue weighted by atomic mass is 32.1. The van der Waals surface area contributed by atoms with Gasteiger partial charge in [0.1, 0.15) is 11.2 Å². The summed E-state index contributed by atoms with van der Waals surface area (Å²) >= 11 is 1.76. The van der Waals surface area contributed by atoms with Gasteiger partial charge < -0.3 is 4.42 Å². The molecule has 52 heavy (non-hydrogen) atoms. The minimum absolute atomic E-state index is 0.660. The maximum Gasteiger partial charge on any atom is 0.235 e. The molecule has 0 unspecified atom stereocenters. The van der Waals surface area contributed by atoms with E-state index in [-0.39, 0.29) is 0 Å². The highest BCUT2D eigenvalue weighted by Gasteiger charge is 2.22. The van der Waals surface area contributed by atoms with Crippen LogP contribution in [0.25, 0.3) is 103 Å². The Morgan fingerprint density at radius 1 is 0.558 bits per heavy atom. The van der Waals surface area contributed by atoms with Gasteiger partial charge in [-0.25, -0.2) is 9.97 Å². The van der Waals surface area contributed by atoms with Crippen LogP contribution < -0.4 is 0 Å². The molecule has 0 spiro atoms. The molecule has 7 aromatic carbocycles. The van der Waals surface area contributed by atoms with Crippen molar-refractivity contribution in [3.63, 3.8) is 0 Å². The Bertz CT molecular complexity index is 3130. The zero-order chi connectivity index (χ0) is 34.8. The van der Waals surface area contributed by atoms with Crippen LogP contribution in [0.4, 0.5) is 0 Å². The van der Waals surface area contributed by atoms with Crippen molar-refractivity contribution >= 4 is 86.2 Å². The number of nitrogens with zero attached hydrogens (tertiary/aromatic N) is 3. The first-order valence-corrected chi connectivity index (χ1v) is 18.6. The molecule has 0 amide bonds. The summed E-state index contributed by atoms with van der Waals surface area (Å²) < 4.78 is 10.8. The number of aromatic nitrogens is 3. The summed E-state index contributed by atoms with van der Waals surface area (Å²) in [6.07, 6.45) is 1.25. The molecule has 11 aromatic rings. The van der Waals surface area contributed by atoms with E-state index in [2.05, 4.69) is 158 Å². The summed E-state index contributed by atoms with van der Waals surface area (Å²) in [5.74, 6) is 0.660. The molecule has 0 fully saturated rings. The topological polar surface area (TPSA) is 43.9 Å². The van der Waals surface area contributed by atoms with Crippen LogP contribution in [0.3, 0.4) is 0 Å². The van der Waals surface area contributed by atoms with Crippen molar-refractivity contribution in [3.8, 4) is 28.3 Å². The molecular formula is C47H33N3OS. The molecule has 0 radical (unpaired) electrons. The Hall–Kier alpha value is -6.30. The van der Waals surface area contributed by atoms with Crippen LogP contribution in [0.1, 0.15) is 20.3 Å². The highest BCUT2D eigenvalue weighted by molar-refractivity contribution is 7.26. The molecule has 4 heterocycles. The van der Waals surface area contributed by atoms with Gasteiger partial charge in [-0.3, -0.25) is 4.57 Å². The van der Waals surface area contributed by atoms with Crippen molar-refractivity contribution in [2.24, 2.45) is 0 Å². The quantitative estimate of drug-likeness (QED) is 0.186. The van der Waals surface area contributed by atoms with Crippen LogP contribution in [0.15, 0.2) is 156 Å². The fraction of sp³-hybridized carbons (Fsp3) is 0.0638. The maximum absolute atomic E-state index is 6.22. The molecule has 5 heteroatoms. The molecular weight excluding hydrogens is 655 g/mol. The Labute approximate surface area is 304 Å². The van der Waals surface area contributed by atoms with Crippen molar-refractivity contribution in [2.75, 3.05) is 0 Å². The van der Waals surface area contributed by atoms with E-state index in [0.717, 1.165) is 76.3 Å². The van der Waals surface area contributed by atoms with Gasteiger partial charge in [0, 0.05) is 42.8 Å². The number of benzene rings is 7. The van der Waals surface area contributed by atoms with E-state index < -0.39 is 0 Å². The molecule has 0 saturated carbocycles. The van der Waals surface area contributed by atoms with Gasteiger partial charge in [0.15, 0.2) is 0 Å². The van der Waals surface area contributed by atoms with Gasteiger partial charge >= 0.3 is 0 Å². The lowest BCUT2D eigenvalue weighted by Gasteiger charge is -2.13. The van der Waals surface area contributed by atoms with Crippen LogP contribution in [-0.2, 0) is 0 Å². The molecule has 0 saturated heterocycles. The summed E-state index contributed by atoms with van der Waals surface area (Å²) in [5, 5.41) is 8.08. The molecule has 0 bridgehead atoms. The van der Waals surface area contributed by atoms with Crippen molar-refractivity contribution in [1.29, 1.82) is 0 Å². The molecule has 11 rings (SSSR count). The van der Waals surface area contributed by atoms with E-state index >= 15 is 0 Å². The number of para-hydroxylation sites is 2. The minimum Gasteiger partial charge on any atom is -0.456 e. The first-order valence-electron chi connectivity index (χ1n) is 17.8. The average Bonchev–Trinajstić information content (AvgIpc) is 3.86. The van der Waals surface area contributed by atoms with Gasteiger partial charge in [0.25, 0.3) is 0 Å². The first kappa shape index (κ1) is 30.5. The number of rotatable bonds is 3. The standard InChI is InChI=1S/C44H25N3OS.C3H8/c1-2-11-26(12-3-1)40-43-41(33-16-7-9-20-39(33)49-43)46-44(45-40)47-36-25-28-14-5-4-13-27(28)23-34(36)32-18-10-17-30(42(32)47)29-21-22-38-35(24-29)31-15-6-8-19-37(31)48-38;1-3-2/h1-25H;3H2,1-2H3. The van der Waals surface area contributed by atoms with Crippen molar-refractivity contribution in [2.45, 2.75) is 20.3 Å². The second-order valence-corrected chi connectivity index (χ2v) is 14.3. The van der Waals surface area contributed by atoms with Crippen molar-refractivity contribution in [3.05, 3.63) is 152 Å². The van der Waals surface area contributed by atoms with E-state index in [0.29, 0.717) is 5.95 Å². The van der Waals surface area contributed by atoms with Gasteiger partial charge in [-0.15, -0.1) is 11.3 Å². The summed E-state index contributed by atoms with van der Waals surface area (Å²) in [7, 11) is 0. The zero-order valence-corrected chi connectivity index (χ0v) is 29.6. The second-order valence-electron chi connectivity index (χ2n) is 13.3. The lowest BCUT2D eigenvalue weighted by Crippen LogP contribution is -2.03. The number of hydrogen-bond acceptors (Lipinski definition) is 4. The van der Waals surface area contributed by atoms with Gasteiger partial charge in [0.05, 0.1) is 26.9 Å². The molecule has 0 aliphatic rings. The third-order valence-corrected chi connectivity index (χ3v) is 11.0. The molecule has 0 atom stereocenters. The van der Waals surface area contributed by atoms with E-state index in [1.165, 1.54) is 27.3 Å². The summed E-state index contributed by atoms with van der Waals surface area (Å²) in [6.45, 7) is 4.25. The van der Waals surface area contributed by atoms with Gasteiger partial charge in [-0.05, 0) is 52.7 Å². The number of fused-ring (bicyclic) bond motifs is 10. The molecule has 4 nitrogen and oxygen atoms in total.